The number of hydrogen-bond donors (Lipinski definition) is 2. The van der Waals surface area contributed by atoms with Gasteiger partial charge in [0.25, 0.3) is 0 Å². The number of halogens is 1. The quantitative estimate of drug-likeness (QED) is 0.731. The monoisotopic (exact) mass is 356 g/mol. The number of allylic oxidation sites excluding steroid dienone is 1. The van der Waals surface area contributed by atoms with Crippen molar-refractivity contribution >= 4 is 23.2 Å². The Morgan fingerprint density at radius 3 is 2.80 bits per heavy atom. The van der Waals surface area contributed by atoms with Gasteiger partial charge in [-0.15, -0.1) is 0 Å². The first-order valence-electron chi connectivity index (χ1n) is 8.09. The maximum absolute atomic E-state index is 9.03. The first-order chi connectivity index (χ1) is 12.2. The van der Waals surface area contributed by atoms with Gasteiger partial charge in [-0.25, -0.2) is 4.68 Å². The van der Waals surface area contributed by atoms with Crippen molar-refractivity contribution in [3.05, 3.63) is 70.9 Å². The summed E-state index contributed by atoms with van der Waals surface area (Å²) < 4.78 is 7.41. The highest BCUT2D eigenvalue weighted by Crippen LogP contribution is 2.33. The van der Waals surface area contributed by atoms with Gasteiger partial charge in [0.2, 0.25) is 5.95 Å². The first-order valence-corrected chi connectivity index (χ1v) is 8.47. The predicted molar refractivity (Wildman–Crippen MR) is 95.3 cm³/mol. The number of aliphatic hydroxyl groups excluding tert-OH is 1. The molecule has 1 atom stereocenters. The van der Waals surface area contributed by atoms with Crippen LogP contribution in [0.2, 0.25) is 5.02 Å². The molecule has 1 aromatic carbocycles. The Kier molecular flexibility index (Phi) is 4.29. The van der Waals surface area contributed by atoms with Crippen molar-refractivity contribution in [3.8, 4) is 0 Å². The van der Waals surface area contributed by atoms with Gasteiger partial charge in [0, 0.05) is 23.7 Å². The fraction of sp³-hybridized carbons (Fsp3) is 0.222. The van der Waals surface area contributed by atoms with Crippen LogP contribution in [0.15, 0.2) is 53.2 Å². The molecule has 1 aliphatic heterocycles. The molecule has 4 rings (SSSR count). The Morgan fingerprint density at radius 1 is 1.24 bits per heavy atom. The number of nitrogens with one attached hydrogen (secondary N) is 1. The van der Waals surface area contributed by atoms with Crippen LogP contribution in [0.1, 0.15) is 29.6 Å². The normalized spacial score (nSPS) is 16.2. The van der Waals surface area contributed by atoms with E-state index in [0.29, 0.717) is 29.6 Å². The van der Waals surface area contributed by atoms with Crippen molar-refractivity contribution in [2.75, 3.05) is 11.9 Å². The number of nitrogens with zero attached hydrogens (tertiary/aromatic N) is 3. The fourth-order valence-electron chi connectivity index (χ4n) is 2.84. The molecule has 6 nitrogen and oxygen atoms in total. The van der Waals surface area contributed by atoms with Crippen LogP contribution >= 0.6 is 11.6 Å². The summed E-state index contributed by atoms with van der Waals surface area (Å²) in [6.07, 6.45) is 4.96. The summed E-state index contributed by atoms with van der Waals surface area (Å²) in [6, 6.07) is 11.2. The Hall–Kier alpha value is -2.57. The second-order valence-electron chi connectivity index (χ2n) is 5.80. The molecule has 128 valence electrons. The maximum atomic E-state index is 9.03. The van der Waals surface area contributed by atoms with E-state index >= 15 is 0 Å². The molecule has 0 saturated carbocycles. The molecule has 0 spiro atoms. The van der Waals surface area contributed by atoms with Gasteiger partial charge >= 0.3 is 0 Å². The number of aromatic nitrogens is 3. The SMILES string of the molecule is OCCCc1nc2n(n1)C(c1ccco1)C=C(c1ccc(Cl)cc1)N2. The van der Waals surface area contributed by atoms with Crippen molar-refractivity contribution in [2.45, 2.75) is 18.9 Å². The summed E-state index contributed by atoms with van der Waals surface area (Å²) in [4.78, 5) is 4.56. The van der Waals surface area contributed by atoms with E-state index in [-0.39, 0.29) is 12.6 Å². The molecule has 3 heterocycles. The third kappa shape index (κ3) is 3.18. The summed E-state index contributed by atoms with van der Waals surface area (Å²) in [5, 5.41) is 17.6. The van der Waals surface area contributed by atoms with Crippen molar-refractivity contribution in [1.29, 1.82) is 0 Å². The van der Waals surface area contributed by atoms with Crippen LogP contribution in [0.25, 0.3) is 5.70 Å². The first kappa shape index (κ1) is 15.9. The van der Waals surface area contributed by atoms with Crippen LogP contribution < -0.4 is 5.32 Å². The van der Waals surface area contributed by atoms with E-state index in [0.717, 1.165) is 17.0 Å². The molecule has 2 aromatic heterocycles. The molecule has 0 saturated heterocycles. The van der Waals surface area contributed by atoms with Gasteiger partial charge < -0.3 is 14.8 Å². The van der Waals surface area contributed by atoms with Crippen molar-refractivity contribution < 1.29 is 9.52 Å². The lowest BCUT2D eigenvalue weighted by Gasteiger charge is -2.22. The van der Waals surface area contributed by atoms with E-state index in [1.54, 1.807) is 6.26 Å². The summed E-state index contributed by atoms with van der Waals surface area (Å²) >= 11 is 5.99. The molecule has 0 aliphatic carbocycles. The van der Waals surface area contributed by atoms with Crippen LogP contribution in [-0.4, -0.2) is 26.5 Å². The highest BCUT2D eigenvalue weighted by Gasteiger charge is 2.26. The van der Waals surface area contributed by atoms with Gasteiger partial charge in [0.15, 0.2) is 5.82 Å². The number of aliphatic hydroxyl groups is 1. The van der Waals surface area contributed by atoms with Crippen LogP contribution in [0.3, 0.4) is 0 Å². The molecule has 2 N–H and O–H groups in total. The van der Waals surface area contributed by atoms with E-state index in [2.05, 4.69) is 21.5 Å². The second-order valence-corrected chi connectivity index (χ2v) is 6.23. The molecule has 0 bridgehead atoms. The fourth-order valence-corrected chi connectivity index (χ4v) is 2.97. The number of furan rings is 1. The van der Waals surface area contributed by atoms with Gasteiger partial charge in [-0.2, -0.15) is 10.1 Å². The predicted octanol–water partition coefficient (Wildman–Crippen LogP) is 3.51. The van der Waals surface area contributed by atoms with Crippen molar-refractivity contribution in [2.24, 2.45) is 0 Å². The molecule has 0 fully saturated rings. The lowest BCUT2D eigenvalue weighted by molar-refractivity contribution is 0.287. The Bertz CT molecular complexity index is 884. The van der Waals surface area contributed by atoms with E-state index in [9.17, 15) is 0 Å². The second kappa shape index (κ2) is 6.74. The van der Waals surface area contributed by atoms with Gasteiger partial charge in [0.1, 0.15) is 11.8 Å². The summed E-state index contributed by atoms with van der Waals surface area (Å²) in [5.74, 6) is 2.13. The smallest absolute Gasteiger partial charge is 0.226 e. The summed E-state index contributed by atoms with van der Waals surface area (Å²) in [6.45, 7) is 0.118. The molecule has 3 aromatic rings. The van der Waals surface area contributed by atoms with Crippen LogP contribution in [-0.2, 0) is 6.42 Å². The van der Waals surface area contributed by atoms with Crippen LogP contribution in [0.5, 0.6) is 0 Å². The van der Waals surface area contributed by atoms with E-state index in [4.69, 9.17) is 21.1 Å². The van der Waals surface area contributed by atoms with E-state index < -0.39 is 0 Å². The molecular formula is C18H17ClN4O2. The minimum absolute atomic E-state index is 0.118. The number of hydrogen-bond acceptors (Lipinski definition) is 5. The number of aryl methyl sites for hydroxylation is 1. The number of anilines is 1. The van der Waals surface area contributed by atoms with Gasteiger partial charge in [-0.05, 0) is 42.3 Å². The number of fused-ring (bicyclic) bond motifs is 1. The minimum Gasteiger partial charge on any atom is -0.467 e. The molecule has 0 radical (unpaired) electrons. The van der Waals surface area contributed by atoms with Gasteiger partial charge in [-0.3, -0.25) is 0 Å². The zero-order valence-electron chi connectivity index (χ0n) is 13.4. The highest BCUT2D eigenvalue weighted by molar-refractivity contribution is 6.30. The zero-order chi connectivity index (χ0) is 17.2. The standard InChI is InChI=1S/C18H17ClN4O2/c19-13-7-5-12(6-8-13)14-11-15(16-3-2-10-25-16)23-18(20-14)21-17(22-23)4-1-9-24/h2-3,5-8,10-11,15,24H,1,4,9H2,(H,20,21,22). The average molecular weight is 357 g/mol. The largest absolute Gasteiger partial charge is 0.467 e. The summed E-state index contributed by atoms with van der Waals surface area (Å²) in [7, 11) is 0. The van der Waals surface area contributed by atoms with Crippen molar-refractivity contribution in [3.63, 3.8) is 0 Å². The number of benzene rings is 1. The lowest BCUT2D eigenvalue weighted by Crippen LogP contribution is -2.19. The Morgan fingerprint density at radius 2 is 2.08 bits per heavy atom. The Labute approximate surface area is 149 Å². The average Bonchev–Trinajstić information content (AvgIpc) is 3.29. The Balaban J connectivity index is 1.74. The van der Waals surface area contributed by atoms with E-state index in [1.807, 2.05) is 41.1 Å². The molecular weight excluding hydrogens is 340 g/mol. The lowest BCUT2D eigenvalue weighted by atomic mass is 10.1. The van der Waals surface area contributed by atoms with E-state index in [1.165, 1.54) is 0 Å². The maximum Gasteiger partial charge on any atom is 0.226 e. The van der Waals surface area contributed by atoms with Crippen molar-refractivity contribution in [1.82, 2.24) is 14.8 Å². The zero-order valence-corrected chi connectivity index (χ0v) is 14.1. The topological polar surface area (TPSA) is 76.1 Å². The molecule has 1 aliphatic rings. The summed E-state index contributed by atoms with van der Waals surface area (Å²) in [5.41, 5.74) is 1.93. The molecule has 7 heteroatoms. The molecule has 25 heavy (non-hydrogen) atoms. The number of rotatable bonds is 5. The third-order valence-electron chi connectivity index (χ3n) is 4.06. The third-order valence-corrected chi connectivity index (χ3v) is 4.31. The van der Waals surface area contributed by atoms with Gasteiger partial charge in [0.05, 0.1) is 6.26 Å². The highest BCUT2D eigenvalue weighted by atomic mass is 35.5. The van der Waals surface area contributed by atoms with Crippen LogP contribution in [0.4, 0.5) is 5.95 Å². The van der Waals surface area contributed by atoms with Crippen LogP contribution in [0, 0.1) is 0 Å². The van der Waals surface area contributed by atoms with Gasteiger partial charge in [-0.1, -0.05) is 23.7 Å². The molecule has 1 unspecified atom stereocenters. The molecule has 0 amide bonds. The minimum atomic E-state index is -0.188.